The lowest BCUT2D eigenvalue weighted by atomic mass is 9.88. The minimum Gasteiger partial charge on any atom is -0.461 e. The summed E-state index contributed by atoms with van der Waals surface area (Å²) in [5.41, 5.74) is 1.29. The summed E-state index contributed by atoms with van der Waals surface area (Å²) in [5.74, 6) is 0.0849. The molecule has 22 heavy (non-hydrogen) atoms. The first-order valence-corrected chi connectivity index (χ1v) is 7.66. The second-order valence-corrected chi connectivity index (χ2v) is 5.68. The molecule has 2 aromatic rings. The molecule has 0 fully saturated rings. The Morgan fingerprint density at radius 3 is 2.86 bits per heavy atom. The SMILES string of the molecule is O=C1OCC=CC1CC(Cc1ccccc1)Cn1cccn1. The first-order chi connectivity index (χ1) is 10.8. The average molecular weight is 296 g/mol. The number of hydrogen-bond acceptors (Lipinski definition) is 3. The van der Waals surface area contributed by atoms with Crippen molar-refractivity contribution in [3.05, 3.63) is 66.5 Å². The molecule has 114 valence electrons. The Morgan fingerprint density at radius 1 is 1.27 bits per heavy atom. The predicted octanol–water partition coefficient (Wildman–Crippen LogP) is 2.86. The van der Waals surface area contributed by atoms with Gasteiger partial charge in [0.2, 0.25) is 0 Å². The molecule has 3 rings (SSSR count). The fourth-order valence-electron chi connectivity index (χ4n) is 2.91. The molecule has 2 unspecified atom stereocenters. The van der Waals surface area contributed by atoms with Crippen molar-refractivity contribution in [1.29, 1.82) is 0 Å². The van der Waals surface area contributed by atoms with Crippen LogP contribution in [0.2, 0.25) is 0 Å². The van der Waals surface area contributed by atoms with Crippen molar-refractivity contribution >= 4 is 5.97 Å². The standard InChI is InChI=1S/C18H20N2O2/c21-18-17(8-4-11-22-18)13-16(14-20-10-5-9-19-20)12-15-6-2-1-3-7-15/h1-10,16-17H,11-14H2. The molecule has 1 aromatic heterocycles. The van der Waals surface area contributed by atoms with E-state index in [4.69, 9.17) is 4.74 Å². The van der Waals surface area contributed by atoms with E-state index in [-0.39, 0.29) is 11.9 Å². The number of rotatable bonds is 6. The van der Waals surface area contributed by atoms with Gasteiger partial charge in [-0.05, 0) is 30.4 Å². The van der Waals surface area contributed by atoms with Crippen molar-refractivity contribution in [2.24, 2.45) is 11.8 Å². The minimum absolute atomic E-state index is 0.110. The molecular weight excluding hydrogens is 276 g/mol. The Hall–Kier alpha value is -2.36. The Bertz CT molecular complexity index is 620. The highest BCUT2D eigenvalue weighted by molar-refractivity contribution is 5.75. The number of ether oxygens (including phenoxy) is 1. The van der Waals surface area contributed by atoms with Gasteiger partial charge in [0.15, 0.2) is 0 Å². The first-order valence-electron chi connectivity index (χ1n) is 7.66. The van der Waals surface area contributed by atoms with Crippen LogP contribution < -0.4 is 0 Å². The Kier molecular flexibility index (Phi) is 4.68. The Morgan fingerprint density at radius 2 is 2.14 bits per heavy atom. The molecule has 4 nitrogen and oxygen atoms in total. The molecule has 4 heteroatoms. The minimum atomic E-state index is -0.141. The van der Waals surface area contributed by atoms with Gasteiger partial charge in [-0.15, -0.1) is 0 Å². The molecule has 1 aliphatic rings. The van der Waals surface area contributed by atoms with E-state index in [1.807, 2.05) is 35.2 Å². The van der Waals surface area contributed by atoms with Gasteiger partial charge < -0.3 is 4.74 Å². The summed E-state index contributed by atoms with van der Waals surface area (Å²) in [7, 11) is 0. The molecule has 0 saturated carbocycles. The summed E-state index contributed by atoms with van der Waals surface area (Å²) in [4.78, 5) is 11.9. The topological polar surface area (TPSA) is 44.1 Å². The molecule has 1 aliphatic heterocycles. The monoisotopic (exact) mass is 296 g/mol. The van der Waals surface area contributed by atoms with Crippen molar-refractivity contribution in [1.82, 2.24) is 9.78 Å². The van der Waals surface area contributed by atoms with E-state index in [0.29, 0.717) is 12.5 Å². The van der Waals surface area contributed by atoms with E-state index >= 15 is 0 Å². The Balaban J connectivity index is 1.71. The number of hydrogen-bond donors (Lipinski definition) is 0. The highest BCUT2D eigenvalue weighted by Gasteiger charge is 2.24. The van der Waals surface area contributed by atoms with Crippen molar-refractivity contribution in [3.8, 4) is 0 Å². The van der Waals surface area contributed by atoms with Gasteiger partial charge in [0.1, 0.15) is 6.61 Å². The summed E-state index contributed by atoms with van der Waals surface area (Å²) >= 11 is 0. The molecule has 1 aromatic carbocycles. The molecular formula is C18H20N2O2. The zero-order chi connectivity index (χ0) is 15.2. The second kappa shape index (κ2) is 7.07. The quantitative estimate of drug-likeness (QED) is 0.608. The number of carbonyl (C=O) groups is 1. The van der Waals surface area contributed by atoms with E-state index < -0.39 is 0 Å². The lowest BCUT2D eigenvalue weighted by Crippen LogP contribution is -2.25. The molecule has 0 amide bonds. The number of cyclic esters (lactones) is 1. The molecule has 2 heterocycles. The van der Waals surface area contributed by atoms with Crippen LogP contribution >= 0.6 is 0 Å². The summed E-state index contributed by atoms with van der Waals surface area (Å²) in [6, 6.07) is 12.3. The van der Waals surface area contributed by atoms with Gasteiger partial charge in [0.05, 0.1) is 5.92 Å². The zero-order valence-corrected chi connectivity index (χ0v) is 12.5. The number of nitrogens with zero attached hydrogens (tertiary/aromatic N) is 2. The molecule has 0 bridgehead atoms. The fraction of sp³-hybridized carbons (Fsp3) is 0.333. The highest BCUT2D eigenvalue weighted by Crippen LogP contribution is 2.23. The van der Waals surface area contributed by atoms with E-state index in [9.17, 15) is 4.79 Å². The van der Waals surface area contributed by atoms with E-state index in [2.05, 4.69) is 29.4 Å². The molecule has 0 radical (unpaired) electrons. The number of aromatic nitrogens is 2. The van der Waals surface area contributed by atoms with Crippen LogP contribution in [0.15, 0.2) is 60.9 Å². The maximum atomic E-state index is 11.9. The van der Waals surface area contributed by atoms with Crippen LogP contribution in [0.25, 0.3) is 0 Å². The van der Waals surface area contributed by atoms with E-state index in [1.165, 1.54) is 5.56 Å². The van der Waals surface area contributed by atoms with Crippen LogP contribution in [-0.4, -0.2) is 22.4 Å². The van der Waals surface area contributed by atoms with Crippen LogP contribution in [0.4, 0.5) is 0 Å². The molecule has 0 N–H and O–H groups in total. The van der Waals surface area contributed by atoms with Crippen molar-refractivity contribution in [2.45, 2.75) is 19.4 Å². The predicted molar refractivity (Wildman–Crippen MR) is 84.1 cm³/mol. The van der Waals surface area contributed by atoms with Gasteiger partial charge in [0.25, 0.3) is 0 Å². The second-order valence-electron chi connectivity index (χ2n) is 5.68. The van der Waals surface area contributed by atoms with Crippen LogP contribution in [0.1, 0.15) is 12.0 Å². The molecule has 0 spiro atoms. The lowest BCUT2D eigenvalue weighted by molar-refractivity contribution is -0.147. The third-order valence-electron chi connectivity index (χ3n) is 3.95. The smallest absolute Gasteiger partial charge is 0.313 e. The Labute approximate surface area is 130 Å². The summed E-state index contributed by atoms with van der Waals surface area (Å²) in [5, 5.41) is 4.29. The van der Waals surface area contributed by atoms with E-state index in [1.54, 1.807) is 6.20 Å². The van der Waals surface area contributed by atoms with Gasteiger partial charge in [-0.2, -0.15) is 5.10 Å². The third-order valence-corrected chi connectivity index (χ3v) is 3.95. The van der Waals surface area contributed by atoms with Gasteiger partial charge in [-0.3, -0.25) is 9.48 Å². The van der Waals surface area contributed by atoms with E-state index in [0.717, 1.165) is 19.4 Å². The largest absolute Gasteiger partial charge is 0.461 e. The maximum absolute atomic E-state index is 11.9. The van der Waals surface area contributed by atoms with Crippen LogP contribution in [0.5, 0.6) is 0 Å². The van der Waals surface area contributed by atoms with Gasteiger partial charge in [-0.25, -0.2) is 0 Å². The van der Waals surface area contributed by atoms with Crippen molar-refractivity contribution < 1.29 is 9.53 Å². The summed E-state index contributed by atoms with van der Waals surface area (Å²) < 4.78 is 7.06. The normalized spacial score (nSPS) is 18.9. The summed E-state index contributed by atoms with van der Waals surface area (Å²) in [6.07, 6.45) is 9.37. The molecule has 0 aliphatic carbocycles. The van der Waals surface area contributed by atoms with Crippen molar-refractivity contribution in [2.75, 3.05) is 6.61 Å². The number of benzene rings is 1. The number of carbonyl (C=O) groups excluding carboxylic acids is 1. The van der Waals surface area contributed by atoms with Crippen molar-refractivity contribution in [3.63, 3.8) is 0 Å². The maximum Gasteiger partial charge on any atom is 0.313 e. The first kappa shape index (κ1) is 14.6. The third kappa shape index (κ3) is 3.85. The van der Waals surface area contributed by atoms with Gasteiger partial charge >= 0.3 is 5.97 Å². The van der Waals surface area contributed by atoms with Crippen LogP contribution in [-0.2, 0) is 22.5 Å². The lowest BCUT2D eigenvalue weighted by Gasteiger charge is -2.22. The number of esters is 1. The average Bonchev–Trinajstić information content (AvgIpc) is 3.03. The molecule has 2 atom stereocenters. The fourth-order valence-corrected chi connectivity index (χ4v) is 2.91. The van der Waals surface area contributed by atoms with Gasteiger partial charge in [0, 0.05) is 18.9 Å². The van der Waals surface area contributed by atoms with Crippen LogP contribution in [0, 0.1) is 11.8 Å². The zero-order valence-electron chi connectivity index (χ0n) is 12.5. The highest BCUT2D eigenvalue weighted by atomic mass is 16.5. The van der Waals surface area contributed by atoms with Crippen LogP contribution in [0.3, 0.4) is 0 Å². The van der Waals surface area contributed by atoms with Gasteiger partial charge in [-0.1, -0.05) is 42.5 Å². The molecule has 0 saturated heterocycles. The summed E-state index contributed by atoms with van der Waals surface area (Å²) in [6.45, 7) is 1.21.